The number of thioether (sulfide) groups is 1. The van der Waals surface area contributed by atoms with Gasteiger partial charge in [0.05, 0.1) is 5.25 Å². The van der Waals surface area contributed by atoms with Crippen LogP contribution in [-0.4, -0.2) is 56.9 Å². The van der Waals surface area contributed by atoms with E-state index in [-0.39, 0.29) is 35.2 Å². The highest BCUT2D eigenvalue weighted by Crippen LogP contribution is 2.26. The molecule has 1 rings (SSSR count). The summed E-state index contributed by atoms with van der Waals surface area (Å²) in [6.07, 6.45) is 3.46. The normalized spacial score (nSPS) is 17.4. The number of hydrogen-bond acceptors (Lipinski definition) is 5. The van der Waals surface area contributed by atoms with Crippen molar-refractivity contribution in [2.45, 2.75) is 50.7 Å². The highest BCUT2D eigenvalue weighted by molar-refractivity contribution is 14.1. The van der Waals surface area contributed by atoms with Gasteiger partial charge >= 0.3 is 0 Å². The minimum Gasteiger partial charge on any atom is -0.355 e. The van der Waals surface area contributed by atoms with Gasteiger partial charge in [0, 0.05) is 42.5 Å². The van der Waals surface area contributed by atoms with E-state index in [9.17, 15) is 19.2 Å². The molecule has 8 heteroatoms. The third-order valence-corrected chi connectivity index (χ3v) is 5.43. The van der Waals surface area contributed by atoms with E-state index in [1.165, 1.54) is 23.6 Å². The molecule has 0 aromatic heterocycles. The zero-order valence-corrected chi connectivity index (χ0v) is 17.0. The van der Waals surface area contributed by atoms with Crippen LogP contribution in [0.1, 0.15) is 45.4 Å². The molecule has 3 amide bonds. The number of nitrogens with zero attached hydrogens (tertiary/aromatic N) is 1. The fraction of sp³-hybridized carbons (Fsp3) is 0.750. The highest BCUT2D eigenvalue weighted by Gasteiger charge is 2.38. The molecule has 136 valence electrons. The van der Waals surface area contributed by atoms with Crippen LogP contribution < -0.4 is 5.32 Å². The van der Waals surface area contributed by atoms with Gasteiger partial charge in [-0.1, -0.05) is 29.0 Å². The number of unbranched alkanes of at least 4 members (excludes halogenated alkanes) is 2. The van der Waals surface area contributed by atoms with Crippen molar-refractivity contribution < 1.29 is 19.2 Å². The number of amides is 3. The summed E-state index contributed by atoms with van der Waals surface area (Å²) in [5.41, 5.74) is 0. The molecule has 0 aliphatic carbocycles. The Morgan fingerprint density at radius 3 is 2.67 bits per heavy atom. The lowest BCUT2D eigenvalue weighted by Gasteiger charge is -2.14. The van der Waals surface area contributed by atoms with Gasteiger partial charge in [-0.05, 0) is 19.8 Å². The van der Waals surface area contributed by atoms with Crippen molar-refractivity contribution in [3.63, 3.8) is 0 Å². The molecule has 0 aromatic carbocycles. The summed E-state index contributed by atoms with van der Waals surface area (Å²) < 4.78 is 0.897. The average molecular weight is 468 g/mol. The van der Waals surface area contributed by atoms with Crippen molar-refractivity contribution in [2.75, 3.05) is 23.3 Å². The molecule has 1 atom stereocenters. The van der Waals surface area contributed by atoms with E-state index in [0.29, 0.717) is 31.7 Å². The first-order chi connectivity index (χ1) is 11.5. The molecule has 0 radical (unpaired) electrons. The Hall–Kier alpha value is -0.640. The van der Waals surface area contributed by atoms with Gasteiger partial charge < -0.3 is 5.32 Å². The lowest BCUT2D eigenvalue weighted by atomic mass is 10.2. The monoisotopic (exact) mass is 468 g/mol. The highest BCUT2D eigenvalue weighted by atomic mass is 127. The Morgan fingerprint density at radius 1 is 1.25 bits per heavy atom. The fourth-order valence-electron chi connectivity index (χ4n) is 2.37. The molecule has 0 saturated carbocycles. The lowest BCUT2D eigenvalue weighted by Crippen LogP contribution is -2.32. The molecule has 0 spiro atoms. The summed E-state index contributed by atoms with van der Waals surface area (Å²) in [4.78, 5) is 47.9. The van der Waals surface area contributed by atoms with Crippen LogP contribution in [0.25, 0.3) is 0 Å². The molecule has 24 heavy (non-hydrogen) atoms. The molecule has 0 bridgehead atoms. The summed E-state index contributed by atoms with van der Waals surface area (Å²) in [7, 11) is 0. The summed E-state index contributed by atoms with van der Waals surface area (Å²) in [5.74, 6) is 0.480. The fourth-order valence-corrected chi connectivity index (χ4v) is 3.86. The second-order valence-electron chi connectivity index (χ2n) is 5.75. The standard InChI is InChI=1S/C16H25IN2O4S/c1-12(20)6-10-24-13-11-15(22)19(16(13)23)9-4-2-3-5-14(21)18-8-7-17/h13H,2-11H2,1H3,(H,18,21). The number of hydrogen-bond donors (Lipinski definition) is 1. The quantitative estimate of drug-likeness (QED) is 0.205. The van der Waals surface area contributed by atoms with Gasteiger partial charge in [-0.15, -0.1) is 11.8 Å². The molecule has 0 aromatic rings. The Labute approximate surface area is 161 Å². The van der Waals surface area contributed by atoms with E-state index in [1.54, 1.807) is 0 Å². The van der Waals surface area contributed by atoms with Crippen LogP contribution >= 0.6 is 34.4 Å². The van der Waals surface area contributed by atoms with Crippen molar-refractivity contribution in [3.8, 4) is 0 Å². The lowest BCUT2D eigenvalue weighted by molar-refractivity contribution is -0.138. The number of halogens is 1. The van der Waals surface area contributed by atoms with E-state index in [1.807, 2.05) is 0 Å². The van der Waals surface area contributed by atoms with Gasteiger partial charge in [0.2, 0.25) is 17.7 Å². The molecule has 1 heterocycles. The predicted octanol–water partition coefficient (Wildman–Crippen LogP) is 1.94. The number of imide groups is 1. The van der Waals surface area contributed by atoms with Gasteiger partial charge in [0.15, 0.2) is 0 Å². The number of carbonyl (C=O) groups excluding carboxylic acids is 4. The van der Waals surface area contributed by atoms with Crippen LogP contribution in [0.3, 0.4) is 0 Å². The largest absolute Gasteiger partial charge is 0.355 e. The Balaban J connectivity index is 2.20. The number of alkyl halides is 1. The second kappa shape index (κ2) is 11.8. The minimum absolute atomic E-state index is 0.0573. The van der Waals surface area contributed by atoms with Gasteiger partial charge in [-0.2, -0.15) is 0 Å². The van der Waals surface area contributed by atoms with Crippen molar-refractivity contribution in [2.24, 2.45) is 0 Å². The van der Waals surface area contributed by atoms with Gasteiger partial charge in [0.1, 0.15) is 5.78 Å². The predicted molar refractivity (Wildman–Crippen MR) is 103 cm³/mol. The van der Waals surface area contributed by atoms with Crippen LogP contribution in [0, 0.1) is 0 Å². The molecule has 1 unspecified atom stereocenters. The summed E-state index contributed by atoms with van der Waals surface area (Å²) in [6, 6.07) is 0. The maximum Gasteiger partial charge on any atom is 0.242 e. The number of ketones is 1. The van der Waals surface area contributed by atoms with Crippen molar-refractivity contribution in [3.05, 3.63) is 0 Å². The summed E-state index contributed by atoms with van der Waals surface area (Å²) >= 11 is 3.60. The molecule has 1 fully saturated rings. The molecular formula is C16H25IN2O4S. The van der Waals surface area contributed by atoms with Crippen molar-refractivity contribution >= 4 is 57.9 Å². The Morgan fingerprint density at radius 2 is 2.00 bits per heavy atom. The topological polar surface area (TPSA) is 83.6 Å². The molecular weight excluding hydrogens is 443 g/mol. The van der Waals surface area contributed by atoms with Crippen LogP contribution in [0.2, 0.25) is 0 Å². The van der Waals surface area contributed by atoms with Gasteiger partial charge in [0.25, 0.3) is 0 Å². The molecule has 1 aliphatic rings. The zero-order valence-electron chi connectivity index (χ0n) is 14.0. The number of rotatable bonds is 12. The molecule has 1 saturated heterocycles. The SMILES string of the molecule is CC(=O)CCSC1CC(=O)N(CCCCCC(=O)NCCI)C1=O. The van der Waals surface area contributed by atoms with Gasteiger partial charge in [-0.3, -0.25) is 24.1 Å². The van der Waals surface area contributed by atoms with Crippen LogP contribution in [0.5, 0.6) is 0 Å². The molecule has 1 aliphatic heterocycles. The smallest absolute Gasteiger partial charge is 0.242 e. The van der Waals surface area contributed by atoms with E-state index in [0.717, 1.165) is 23.7 Å². The first-order valence-corrected chi connectivity index (χ1v) is 10.8. The van der Waals surface area contributed by atoms with Crippen LogP contribution in [-0.2, 0) is 19.2 Å². The van der Waals surface area contributed by atoms with Gasteiger partial charge in [-0.25, -0.2) is 0 Å². The maximum atomic E-state index is 12.2. The van der Waals surface area contributed by atoms with E-state index in [4.69, 9.17) is 0 Å². The van der Waals surface area contributed by atoms with Crippen molar-refractivity contribution in [1.82, 2.24) is 10.2 Å². The minimum atomic E-state index is -0.337. The maximum absolute atomic E-state index is 12.2. The number of nitrogens with one attached hydrogen (secondary N) is 1. The molecule has 6 nitrogen and oxygen atoms in total. The zero-order chi connectivity index (χ0) is 17.9. The second-order valence-corrected chi connectivity index (χ2v) is 8.14. The third kappa shape index (κ3) is 7.96. The van der Waals surface area contributed by atoms with Crippen LogP contribution in [0.4, 0.5) is 0 Å². The number of Topliss-reactive ketones (excluding diaryl/α,β-unsaturated/α-hetero) is 1. The van der Waals surface area contributed by atoms with E-state index >= 15 is 0 Å². The number of carbonyl (C=O) groups is 4. The number of likely N-dealkylation sites (tertiary alicyclic amines) is 1. The summed E-state index contributed by atoms with van der Waals surface area (Å²) in [5, 5.41) is 2.48. The average Bonchev–Trinajstić information content (AvgIpc) is 2.79. The Kier molecular flexibility index (Phi) is 10.6. The summed E-state index contributed by atoms with van der Waals surface area (Å²) in [6.45, 7) is 2.65. The first kappa shape index (κ1) is 21.4. The third-order valence-electron chi connectivity index (χ3n) is 3.68. The van der Waals surface area contributed by atoms with Crippen molar-refractivity contribution in [1.29, 1.82) is 0 Å². The first-order valence-electron chi connectivity index (χ1n) is 8.23. The van der Waals surface area contributed by atoms with E-state index in [2.05, 4.69) is 27.9 Å². The molecule has 1 N–H and O–H groups in total. The van der Waals surface area contributed by atoms with Crippen LogP contribution in [0.15, 0.2) is 0 Å². The Bertz CT molecular complexity index is 473. The van der Waals surface area contributed by atoms with E-state index < -0.39 is 0 Å².